The summed E-state index contributed by atoms with van der Waals surface area (Å²) in [6.45, 7) is -0.158. The van der Waals surface area contributed by atoms with Crippen LogP contribution in [0.1, 0.15) is 10.4 Å². The summed E-state index contributed by atoms with van der Waals surface area (Å²) in [6, 6.07) is 17.9. The summed E-state index contributed by atoms with van der Waals surface area (Å²) in [5.74, 6) is -1.81. The van der Waals surface area contributed by atoms with Gasteiger partial charge < -0.3 is 16.0 Å². The van der Waals surface area contributed by atoms with Gasteiger partial charge in [-0.2, -0.15) is 0 Å². The first-order valence-electron chi connectivity index (χ1n) is 8.47. The summed E-state index contributed by atoms with van der Waals surface area (Å²) < 4.78 is 26.6. The number of rotatable bonds is 6. The van der Waals surface area contributed by atoms with Gasteiger partial charge >= 0.3 is 0 Å². The van der Waals surface area contributed by atoms with Crippen molar-refractivity contribution in [1.82, 2.24) is 0 Å². The lowest BCUT2D eigenvalue weighted by atomic mass is 10.1. The summed E-state index contributed by atoms with van der Waals surface area (Å²) in [7, 11) is 0. The van der Waals surface area contributed by atoms with Crippen LogP contribution in [0.5, 0.6) is 0 Å². The molecule has 142 valence electrons. The number of hydrogen-bond donors (Lipinski definition) is 3. The van der Waals surface area contributed by atoms with E-state index in [-0.39, 0.29) is 12.2 Å². The Morgan fingerprint density at radius 3 is 2.11 bits per heavy atom. The third-order valence-corrected chi connectivity index (χ3v) is 3.86. The molecular formula is C21H17F2N3O2. The molecule has 0 bridgehead atoms. The molecule has 2 amide bonds. The highest BCUT2D eigenvalue weighted by Crippen LogP contribution is 2.18. The molecule has 28 heavy (non-hydrogen) atoms. The molecule has 3 aromatic carbocycles. The number of hydrogen-bond acceptors (Lipinski definition) is 3. The summed E-state index contributed by atoms with van der Waals surface area (Å²) in [5, 5.41) is 8.00. The van der Waals surface area contributed by atoms with Gasteiger partial charge in [-0.25, -0.2) is 8.78 Å². The molecule has 3 N–H and O–H groups in total. The zero-order chi connectivity index (χ0) is 19.9. The molecule has 0 spiro atoms. The minimum Gasteiger partial charge on any atom is -0.376 e. The lowest BCUT2D eigenvalue weighted by Gasteiger charge is -2.12. The Morgan fingerprint density at radius 1 is 0.750 bits per heavy atom. The third-order valence-electron chi connectivity index (χ3n) is 3.86. The molecule has 0 atom stereocenters. The Balaban J connectivity index is 1.65. The maximum atomic E-state index is 13.6. The van der Waals surface area contributed by atoms with Gasteiger partial charge in [-0.1, -0.05) is 24.3 Å². The number of halogens is 2. The molecule has 0 heterocycles. The van der Waals surface area contributed by atoms with E-state index in [0.717, 1.165) is 0 Å². The van der Waals surface area contributed by atoms with Crippen molar-refractivity contribution in [2.24, 2.45) is 0 Å². The lowest BCUT2D eigenvalue weighted by Crippen LogP contribution is -2.23. The van der Waals surface area contributed by atoms with Crippen molar-refractivity contribution < 1.29 is 18.4 Å². The van der Waals surface area contributed by atoms with E-state index in [1.54, 1.807) is 30.3 Å². The van der Waals surface area contributed by atoms with Gasteiger partial charge in [-0.3, -0.25) is 9.59 Å². The van der Waals surface area contributed by atoms with Crippen LogP contribution in [0.4, 0.5) is 25.8 Å². The minimum absolute atomic E-state index is 0.0802. The fourth-order valence-corrected chi connectivity index (χ4v) is 2.50. The number of carbonyl (C=O) groups is 2. The van der Waals surface area contributed by atoms with E-state index in [1.165, 1.54) is 42.5 Å². The van der Waals surface area contributed by atoms with Gasteiger partial charge in [0, 0.05) is 11.4 Å². The molecule has 0 saturated heterocycles. The first kappa shape index (κ1) is 19.0. The van der Waals surface area contributed by atoms with E-state index in [2.05, 4.69) is 16.0 Å². The minimum atomic E-state index is -0.532. The summed E-state index contributed by atoms with van der Waals surface area (Å²) in [5.41, 5.74) is 1.27. The molecule has 0 unspecified atom stereocenters. The normalized spacial score (nSPS) is 10.2. The van der Waals surface area contributed by atoms with Crippen LogP contribution in [-0.2, 0) is 4.79 Å². The molecule has 0 fully saturated rings. The second kappa shape index (κ2) is 8.77. The molecule has 0 aromatic heterocycles. The van der Waals surface area contributed by atoms with Gasteiger partial charge in [0.25, 0.3) is 5.91 Å². The molecule has 0 aliphatic rings. The molecule has 0 aliphatic heterocycles. The fraction of sp³-hybridized carbons (Fsp3) is 0.0476. The summed E-state index contributed by atoms with van der Waals surface area (Å²) in [4.78, 5) is 24.6. The maximum absolute atomic E-state index is 13.6. The molecule has 0 saturated carbocycles. The monoisotopic (exact) mass is 381 g/mol. The zero-order valence-electron chi connectivity index (χ0n) is 14.7. The van der Waals surface area contributed by atoms with Gasteiger partial charge in [0.2, 0.25) is 5.91 Å². The van der Waals surface area contributed by atoms with Crippen LogP contribution < -0.4 is 16.0 Å². The van der Waals surface area contributed by atoms with Crippen molar-refractivity contribution >= 4 is 28.9 Å². The van der Waals surface area contributed by atoms with Crippen molar-refractivity contribution in [1.29, 1.82) is 0 Å². The van der Waals surface area contributed by atoms with Crippen LogP contribution in [0.25, 0.3) is 0 Å². The van der Waals surface area contributed by atoms with Crippen LogP contribution in [-0.4, -0.2) is 18.4 Å². The largest absolute Gasteiger partial charge is 0.376 e. The van der Waals surface area contributed by atoms with Gasteiger partial charge in [-0.05, 0) is 48.5 Å². The number of carbonyl (C=O) groups excluding carboxylic acids is 2. The smallest absolute Gasteiger partial charge is 0.257 e. The van der Waals surface area contributed by atoms with Crippen LogP contribution in [0, 0.1) is 11.6 Å². The standard InChI is InChI=1S/C21H17F2N3O2/c22-14-9-11-15(12-10-14)25-21(28)16-5-1-3-7-18(16)24-13-20(27)26-19-8-4-2-6-17(19)23/h1-12,24H,13H2,(H,25,28)(H,26,27). The highest BCUT2D eigenvalue weighted by Gasteiger charge is 2.13. The average Bonchev–Trinajstić information content (AvgIpc) is 2.70. The van der Waals surface area contributed by atoms with Gasteiger partial charge in [0.1, 0.15) is 11.6 Å². The Morgan fingerprint density at radius 2 is 1.39 bits per heavy atom. The van der Waals surface area contributed by atoms with Crippen molar-refractivity contribution in [2.75, 3.05) is 22.5 Å². The van der Waals surface area contributed by atoms with E-state index in [9.17, 15) is 18.4 Å². The quantitative estimate of drug-likeness (QED) is 0.597. The summed E-state index contributed by atoms with van der Waals surface area (Å²) in [6.07, 6.45) is 0. The first-order valence-corrected chi connectivity index (χ1v) is 8.47. The van der Waals surface area contributed by atoms with Gasteiger partial charge in [0.05, 0.1) is 17.8 Å². The number of benzene rings is 3. The maximum Gasteiger partial charge on any atom is 0.257 e. The number of amides is 2. The molecule has 7 heteroatoms. The van der Waals surface area contributed by atoms with Gasteiger partial charge in [0.15, 0.2) is 0 Å². The van der Waals surface area contributed by atoms with Crippen LogP contribution in [0.2, 0.25) is 0 Å². The zero-order valence-corrected chi connectivity index (χ0v) is 14.7. The Bertz CT molecular complexity index is 991. The molecule has 5 nitrogen and oxygen atoms in total. The highest BCUT2D eigenvalue weighted by molar-refractivity contribution is 6.08. The van der Waals surface area contributed by atoms with Crippen molar-refractivity contribution in [3.63, 3.8) is 0 Å². The predicted octanol–water partition coefficient (Wildman–Crippen LogP) is 4.27. The highest BCUT2D eigenvalue weighted by atomic mass is 19.1. The molecular weight excluding hydrogens is 364 g/mol. The predicted molar refractivity (Wildman–Crippen MR) is 104 cm³/mol. The molecule has 0 aliphatic carbocycles. The SMILES string of the molecule is O=C(CNc1ccccc1C(=O)Nc1ccc(F)cc1)Nc1ccccc1F. The molecule has 3 rings (SSSR count). The van der Waals surface area contributed by atoms with E-state index in [1.807, 2.05) is 0 Å². The van der Waals surface area contributed by atoms with E-state index in [0.29, 0.717) is 16.9 Å². The molecule has 3 aromatic rings. The van der Waals surface area contributed by atoms with Gasteiger partial charge in [-0.15, -0.1) is 0 Å². The van der Waals surface area contributed by atoms with Crippen molar-refractivity contribution in [2.45, 2.75) is 0 Å². The Labute approximate surface area is 160 Å². The first-order chi connectivity index (χ1) is 13.5. The van der Waals surface area contributed by atoms with E-state index in [4.69, 9.17) is 0 Å². The Hall–Kier alpha value is -3.74. The second-order valence-corrected chi connectivity index (χ2v) is 5.89. The van der Waals surface area contributed by atoms with E-state index >= 15 is 0 Å². The van der Waals surface area contributed by atoms with Crippen LogP contribution in [0.3, 0.4) is 0 Å². The van der Waals surface area contributed by atoms with Crippen LogP contribution in [0.15, 0.2) is 72.8 Å². The van der Waals surface area contributed by atoms with Crippen molar-refractivity contribution in [3.05, 3.63) is 90.0 Å². The number of nitrogens with one attached hydrogen (secondary N) is 3. The fourth-order valence-electron chi connectivity index (χ4n) is 2.50. The third kappa shape index (κ3) is 4.91. The van der Waals surface area contributed by atoms with Crippen LogP contribution >= 0.6 is 0 Å². The topological polar surface area (TPSA) is 70.2 Å². The number of anilines is 3. The number of para-hydroxylation sites is 2. The average molecular weight is 381 g/mol. The Kier molecular flexibility index (Phi) is 5.96. The van der Waals surface area contributed by atoms with E-state index < -0.39 is 23.4 Å². The van der Waals surface area contributed by atoms with Crippen molar-refractivity contribution in [3.8, 4) is 0 Å². The molecule has 0 radical (unpaired) electrons. The second-order valence-electron chi connectivity index (χ2n) is 5.89. The lowest BCUT2D eigenvalue weighted by molar-refractivity contribution is -0.114. The summed E-state index contributed by atoms with van der Waals surface area (Å²) >= 11 is 0.